The lowest BCUT2D eigenvalue weighted by Gasteiger charge is -2.43. The van der Waals surface area contributed by atoms with Gasteiger partial charge in [0.15, 0.2) is 12.1 Å². The predicted octanol–water partition coefficient (Wildman–Crippen LogP) is 1.84. The molecule has 0 bridgehead atoms. The number of hydrogen-bond donors (Lipinski definition) is 6. The average molecular weight is 651 g/mol. The first-order valence-electron chi connectivity index (χ1n) is 14.7. The molecule has 1 fully saturated rings. The maximum absolute atomic E-state index is 13.8. The smallest absolute Gasteiger partial charge is 0.407 e. The molecule has 0 spiro atoms. The number of fused-ring (bicyclic) bond motifs is 3. The molecule has 2 aromatic rings. The minimum atomic E-state index is -1.80. The van der Waals surface area contributed by atoms with E-state index in [4.69, 9.17) is 30.8 Å². The normalized spacial score (nSPS) is 26.3. The minimum Gasteiger partial charge on any atom is -0.507 e. The highest BCUT2D eigenvalue weighted by atomic mass is 16.7. The third-order valence-corrected chi connectivity index (χ3v) is 8.58. The maximum Gasteiger partial charge on any atom is 0.407 e. The summed E-state index contributed by atoms with van der Waals surface area (Å²) >= 11 is 0. The van der Waals surface area contributed by atoms with Gasteiger partial charge in [-0.05, 0) is 19.9 Å². The summed E-state index contributed by atoms with van der Waals surface area (Å²) in [5, 5.41) is 55.5. The number of phenolic OH excluding ortho intramolecular Hbond substituents is 2. The van der Waals surface area contributed by atoms with E-state index in [1.807, 2.05) is 5.92 Å². The fraction of sp³-hybridized carbons (Fsp3) is 0.424. The van der Waals surface area contributed by atoms with Crippen molar-refractivity contribution in [3.63, 3.8) is 0 Å². The van der Waals surface area contributed by atoms with Gasteiger partial charge in [-0.25, -0.2) is 4.79 Å². The maximum atomic E-state index is 13.8. The van der Waals surface area contributed by atoms with E-state index in [1.165, 1.54) is 39.2 Å². The number of aliphatic hydroxyl groups is 2. The van der Waals surface area contributed by atoms with Crippen molar-refractivity contribution in [3.05, 3.63) is 51.6 Å². The standard InChI is InChI=1S/C33H34N2O12/c1-5-16(34)13-45-32(42)35-19-9-22(46-15(3)27(19)37)47-21-12-33(43,10-14(2)36)11-18-24(21)31(41)26-25(29(18)39)28(38)17-7-6-8-20(44-4)23(17)30(26)40/h1,6-8,15,19,21-22,27,34,37,39,41,43H,9-13H2,2-4H3,(H,35,42)/t15?,19?,21-,22?,27?,33-/m0/s1. The summed E-state index contributed by atoms with van der Waals surface area (Å²) in [5.41, 5.74) is -3.32. The summed E-state index contributed by atoms with van der Waals surface area (Å²) in [7, 11) is 1.32. The van der Waals surface area contributed by atoms with E-state index in [2.05, 4.69) is 5.32 Å². The second-order valence-electron chi connectivity index (χ2n) is 11.9. The molecule has 14 nitrogen and oxygen atoms in total. The van der Waals surface area contributed by atoms with Crippen LogP contribution in [-0.4, -0.2) is 93.4 Å². The highest BCUT2D eigenvalue weighted by Crippen LogP contribution is 2.53. The number of amides is 1. The number of carbonyl (C=O) groups excluding carboxylic acids is 4. The predicted molar refractivity (Wildman–Crippen MR) is 162 cm³/mol. The summed E-state index contributed by atoms with van der Waals surface area (Å²) in [4.78, 5) is 52.1. The SMILES string of the molecule is C#CC(=N)COC(=O)NC1CC(O[C@H]2C[C@](O)(CC(C)=O)Cc3c(O)c4c(c(O)c32)C(=O)c2c(OC)cccc2C4=O)OC(C)C1O. The molecule has 1 amide bonds. The molecule has 0 aromatic heterocycles. The van der Waals surface area contributed by atoms with E-state index in [0.29, 0.717) is 0 Å². The van der Waals surface area contributed by atoms with E-state index >= 15 is 0 Å². The molecule has 4 unspecified atom stereocenters. The number of carbonyl (C=O) groups is 4. The van der Waals surface area contributed by atoms with Gasteiger partial charge in [0, 0.05) is 42.4 Å². The van der Waals surface area contributed by atoms with Crippen LogP contribution in [0.4, 0.5) is 4.79 Å². The molecule has 6 atom stereocenters. The van der Waals surface area contributed by atoms with Crippen LogP contribution >= 0.6 is 0 Å². The number of aliphatic hydroxyl groups excluding tert-OH is 1. The van der Waals surface area contributed by atoms with Gasteiger partial charge in [-0.1, -0.05) is 18.1 Å². The number of methoxy groups -OCH3 is 1. The first kappa shape index (κ1) is 33.6. The van der Waals surface area contributed by atoms with Crippen molar-refractivity contribution in [3.8, 4) is 29.6 Å². The van der Waals surface area contributed by atoms with Crippen LogP contribution in [0.1, 0.15) is 82.2 Å². The van der Waals surface area contributed by atoms with Crippen molar-refractivity contribution in [2.45, 2.75) is 75.8 Å². The number of terminal acetylenes is 1. The summed E-state index contributed by atoms with van der Waals surface area (Å²) in [5.74, 6) is -1.11. The van der Waals surface area contributed by atoms with Crippen molar-refractivity contribution in [2.75, 3.05) is 13.7 Å². The molecule has 47 heavy (non-hydrogen) atoms. The zero-order valence-electron chi connectivity index (χ0n) is 25.8. The number of ether oxygens (including phenoxy) is 4. The van der Waals surface area contributed by atoms with Crippen molar-refractivity contribution in [1.29, 1.82) is 5.41 Å². The van der Waals surface area contributed by atoms with Gasteiger partial charge in [-0.3, -0.25) is 19.8 Å². The van der Waals surface area contributed by atoms with Gasteiger partial charge >= 0.3 is 6.09 Å². The number of hydrogen-bond acceptors (Lipinski definition) is 13. The van der Waals surface area contributed by atoms with Gasteiger partial charge in [0.25, 0.3) is 0 Å². The Bertz CT molecular complexity index is 1730. The number of alkyl carbamates (subject to hydrolysis) is 1. The van der Waals surface area contributed by atoms with Gasteiger partial charge in [-0.15, -0.1) is 6.42 Å². The number of nitrogens with one attached hydrogen (secondary N) is 2. The fourth-order valence-corrected chi connectivity index (χ4v) is 6.54. The first-order valence-corrected chi connectivity index (χ1v) is 14.7. The molecule has 2 aliphatic carbocycles. The number of phenols is 2. The number of Topliss-reactive ketones (excluding diaryl/α,β-unsaturated/α-hetero) is 1. The number of aromatic hydroxyl groups is 2. The Labute approximate surface area is 269 Å². The van der Waals surface area contributed by atoms with E-state index in [1.54, 1.807) is 0 Å². The van der Waals surface area contributed by atoms with Gasteiger partial charge in [-0.2, -0.15) is 0 Å². The molecule has 248 valence electrons. The van der Waals surface area contributed by atoms with Gasteiger partial charge in [0.1, 0.15) is 41.5 Å². The molecule has 1 aliphatic heterocycles. The monoisotopic (exact) mass is 650 g/mol. The minimum absolute atomic E-state index is 0.0459. The molecule has 6 N–H and O–H groups in total. The largest absolute Gasteiger partial charge is 0.507 e. The third-order valence-electron chi connectivity index (χ3n) is 8.58. The topological polar surface area (TPSA) is 222 Å². The van der Waals surface area contributed by atoms with Gasteiger partial charge in [0.2, 0.25) is 5.78 Å². The van der Waals surface area contributed by atoms with Crippen molar-refractivity contribution >= 4 is 29.2 Å². The number of rotatable bonds is 8. The van der Waals surface area contributed by atoms with Crippen LogP contribution in [0, 0.1) is 17.8 Å². The van der Waals surface area contributed by atoms with Crippen molar-refractivity contribution in [1.82, 2.24) is 5.32 Å². The fourth-order valence-electron chi connectivity index (χ4n) is 6.54. The lowest BCUT2D eigenvalue weighted by molar-refractivity contribution is -0.249. The zero-order chi connectivity index (χ0) is 34.4. The first-order chi connectivity index (χ1) is 22.2. The van der Waals surface area contributed by atoms with Gasteiger partial charge < -0.3 is 44.7 Å². The van der Waals surface area contributed by atoms with Crippen LogP contribution in [0.15, 0.2) is 18.2 Å². The van der Waals surface area contributed by atoms with Crippen LogP contribution in [-0.2, 0) is 25.4 Å². The Morgan fingerprint density at radius 1 is 1.17 bits per heavy atom. The summed E-state index contributed by atoms with van der Waals surface area (Å²) in [6.07, 6.45) is -1.66. The molecule has 0 radical (unpaired) electrons. The average Bonchev–Trinajstić information content (AvgIpc) is 3.01. The lowest BCUT2D eigenvalue weighted by atomic mass is 9.71. The zero-order valence-corrected chi connectivity index (χ0v) is 25.8. The Morgan fingerprint density at radius 2 is 1.87 bits per heavy atom. The Kier molecular flexibility index (Phi) is 9.11. The summed E-state index contributed by atoms with van der Waals surface area (Å²) in [6.45, 7) is 2.33. The van der Waals surface area contributed by atoms with E-state index in [0.717, 1.165) is 0 Å². The molecular weight excluding hydrogens is 616 g/mol. The molecule has 2 aromatic carbocycles. The lowest BCUT2D eigenvalue weighted by Crippen LogP contribution is -2.55. The van der Waals surface area contributed by atoms with Crippen LogP contribution < -0.4 is 10.1 Å². The molecule has 1 heterocycles. The second-order valence-corrected chi connectivity index (χ2v) is 11.9. The molecule has 0 saturated carbocycles. The van der Waals surface area contributed by atoms with Gasteiger partial charge in [0.05, 0.1) is 47.7 Å². The van der Waals surface area contributed by atoms with E-state index in [-0.39, 0.29) is 65.2 Å². The molecule has 14 heteroatoms. The summed E-state index contributed by atoms with van der Waals surface area (Å²) < 4.78 is 22.3. The van der Waals surface area contributed by atoms with Crippen molar-refractivity contribution in [2.24, 2.45) is 0 Å². The summed E-state index contributed by atoms with van der Waals surface area (Å²) in [6, 6.07) is 3.40. The van der Waals surface area contributed by atoms with Crippen LogP contribution in [0.5, 0.6) is 17.2 Å². The quantitative estimate of drug-likeness (QED) is 0.117. The van der Waals surface area contributed by atoms with Crippen LogP contribution in [0.25, 0.3) is 0 Å². The molecule has 1 saturated heterocycles. The molecule has 3 aliphatic rings. The Morgan fingerprint density at radius 3 is 2.53 bits per heavy atom. The third kappa shape index (κ3) is 6.18. The Balaban J connectivity index is 1.54. The number of benzene rings is 2. The highest BCUT2D eigenvalue weighted by Gasteiger charge is 2.48. The van der Waals surface area contributed by atoms with Crippen molar-refractivity contribution < 1.29 is 58.6 Å². The highest BCUT2D eigenvalue weighted by molar-refractivity contribution is 6.31. The molecule has 5 rings (SSSR count). The second kappa shape index (κ2) is 12.8. The van der Waals surface area contributed by atoms with Crippen LogP contribution in [0.3, 0.4) is 0 Å². The van der Waals surface area contributed by atoms with E-state index in [9.17, 15) is 39.6 Å². The van der Waals surface area contributed by atoms with E-state index < -0.39 is 83.1 Å². The Hall–Kier alpha value is -4.81. The number of ketones is 3. The molecular formula is C33H34N2O12. The van der Waals surface area contributed by atoms with Crippen LogP contribution in [0.2, 0.25) is 0 Å².